The average Bonchev–Trinajstić information content (AvgIpc) is 2.92. The van der Waals surface area contributed by atoms with Crippen molar-refractivity contribution in [1.29, 1.82) is 0 Å². The number of amides is 2. The van der Waals surface area contributed by atoms with E-state index in [0.717, 1.165) is 53.7 Å². The van der Waals surface area contributed by atoms with Crippen LogP contribution in [0.3, 0.4) is 0 Å². The summed E-state index contributed by atoms with van der Waals surface area (Å²) in [5, 5.41) is 3.83. The Kier molecular flexibility index (Phi) is 6.29. The maximum absolute atomic E-state index is 13.3. The van der Waals surface area contributed by atoms with Crippen LogP contribution < -0.4 is 5.32 Å². The number of hydrogen-bond donors (Lipinski definition) is 1. The number of rotatable bonds is 5. The Morgan fingerprint density at radius 2 is 1.68 bits per heavy atom. The third-order valence-electron chi connectivity index (χ3n) is 6.21. The molecular formula is C28H26N4O2. The van der Waals surface area contributed by atoms with Gasteiger partial charge in [0.1, 0.15) is 0 Å². The topological polar surface area (TPSA) is 75.2 Å². The van der Waals surface area contributed by atoms with Crippen LogP contribution >= 0.6 is 0 Å². The van der Waals surface area contributed by atoms with Gasteiger partial charge in [-0.2, -0.15) is 0 Å². The van der Waals surface area contributed by atoms with Crippen LogP contribution in [0.5, 0.6) is 0 Å². The molecule has 34 heavy (non-hydrogen) atoms. The number of piperidine rings is 1. The van der Waals surface area contributed by atoms with E-state index in [0.29, 0.717) is 17.7 Å². The van der Waals surface area contributed by atoms with E-state index in [9.17, 15) is 9.59 Å². The molecule has 1 fully saturated rings. The molecule has 4 aromatic rings. The summed E-state index contributed by atoms with van der Waals surface area (Å²) in [6.07, 6.45) is 6.72. The second-order valence-electron chi connectivity index (χ2n) is 8.54. The van der Waals surface area contributed by atoms with Crippen molar-refractivity contribution >= 4 is 22.7 Å². The van der Waals surface area contributed by atoms with Crippen LogP contribution in [0.4, 0.5) is 0 Å². The zero-order valence-corrected chi connectivity index (χ0v) is 18.9. The Bertz CT molecular complexity index is 1330. The molecule has 2 aromatic heterocycles. The molecule has 5 rings (SSSR count). The number of nitrogens with zero attached hydrogens (tertiary/aromatic N) is 3. The van der Waals surface area contributed by atoms with Gasteiger partial charge in [-0.05, 0) is 61.2 Å². The predicted octanol–water partition coefficient (Wildman–Crippen LogP) is 4.85. The number of likely N-dealkylation sites (tertiary alicyclic amines) is 1. The summed E-state index contributed by atoms with van der Waals surface area (Å²) in [7, 11) is 0. The Balaban J connectivity index is 1.37. The van der Waals surface area contributed by atoms with E-state index in [1.807, 2.05) is 71.6 Å². The molecule has 0 saturated carbocycles. The van der Waals surface area contributed by atoms with Gasteiger partial charge in [0.2, 0.25) is 0 Å². The van der Waals surface area contributed by atoms with Gasteiger partial charge in [0.15, 0.2) is 0 Å². The minimum atomic E-state index is -0.179. The number of carbonyl (C=O) groups excluding carboxylic acids is 2. The SMILES string of the molecule is O=C(NCc1cccc(C(=O)N2CCCCC2)c1)c1cc(-c2ccncc2)nc2ccccc12. The molecule has 0 spiro atoms. The van der Waals surface area contributed by atoms with Crippen LogP contribution in [0, 0.1) is 0 Å². The van der Waals surface area contributed by atoms with E-state index in [1.165, 1.54) is 6.42 Å². The number of hydrogen-bond acceptors (Lipinski definition) is 4. The van der Waals surface area contributed by atoms with Crippen molar-refractivity contribution in [2.45, 2.75) is 25.8 Å². The molecule has 0 unspecified atom stereocenters. The van der Waals surface area contributed by atoms with E-state index in [4.69, 9.17) is 4.98 Å². The monoisotopic (exact) mass is 450 g/mol. The van der Waals surface area contributed by atoms with Crippen LogP contribution in [-0.4, -0.2) is 39.8 Å². The fourth-order valence-corrected chi connectivity index (χ4v) is 4.41. The largest absolute Gasteiger partial charge is 0.348 e. The summed E-state index contributed by atoms with van der Waals surface area (Å²) >= 11 is 0. The molecule has 1 saturated heterocycles. The molecule has 2 aromatic carbocycles. The summed E-state index contributed by atoms with van der Waals surface area (Å²) in [5.74, 6) is -0.114. The predicted molar refractivity (Wildman–Crippen MR) is 132 cm³/mol. The van der Waals surface area contributed by atoms with Gasteiger partial charge < -0.3 is 10.2 Å². The zero-order valence-electron chi connectivity index (χ0n) is 18.9. The first kappa shape index (κ1) is 21.8. The van der Waals surface area contributed by atoms with E-state index < -0.39 is 0 Å². The highest BCUT2D eigenvalue weighted by Crippen LogP contribution is 2.24. The van der Waals surface area contributed by atoms with E-state index in [-0.39, 0.29) is 11.8 Å². The Morgan fingerprint density at radius 1 is 0.882 bits per heavy atom. The normalized spacial score (nSPS) is 13.6. The quantitative estimate of drug-likeness (QED) is 0.472. The summed E-state index contributed by atoms with van der Waals surface area (Å²) in [5.41, 5.74) is 4.51. The number of para-hydroxylation sites is 1. The van der Waals surface area contributed by atoms with Crippen molar-refractivity contribution in [3.05, 3.63) is 95.8 Å². The fourth-order valence-electron chi connectivity index (χ4n) is 4.41. The molecule has 1 aliphatic rings. The van der Waals surface area contributed by atoms with E-state index in [2.05, 4.69) is 10.3 Å². The third-order valence-corrected chi connectivity index (χ3v) is 6.21. The van der Waals surface area contributed by atoms with Gasteiger partial charge in [-0.25, -0.2) is 4.98 Å². The van der Waals surface area contributed by atoms with Crippen molar-refractivity contribution in [3.63, 3.8) is 0 Å². The molecule has 0 atom stereocenters. The van der Waals surface area contributed by atoms with Crippen molar-refractivity contribution in [2.75, 3.05) is 13.1 Å². The second-order valence-corrected chi connectivity index (χ2v) is 8.54. The fraction of sp³-hybridized carbons (Fsp3) is 0.214. The van der Waals surface area contributed by atoms with Gasteiger partial charge in [-0.3, -0.25) is 14.6 Å². The maximum Gasteiger partial charge on any atom is 0.253 e. The number of fused-ring (bicyclic) bond motifs is 1. The number of nitrogens with one attached hydrogen (secondary N) is 1. The summed E-state index contributed by atoms with van der Waals surface area (Å²) < 4.78 is 0. The lowest BCUT2D eigenvalue weighted by Gasteiger charge is -2.26. The molecule has 6 nitrogen and oxygen atoms in total. The van der Waals surface area contributed by atoms with Crippen molar-refractivity contribution in [1.82, 2.24) is 20.2 Å². The smallest absolute Gasteiger partial charge is 0.253 e. The lowest BCUT2D eigenvalue weighted by molar-refractivity contribution is 0.0724. The first-order valence-electron chi connectivity index (χ1n) is 11.7. The molecule has 0 bridgehead atoms. The molecule has 1 N–H and O–H groups in total. The molecule has 170 valence electrons. The molecule has 2 amide bonds. The van der Waals surface area contributed by atoms with Crippen molar-refractivity contribution < 1.29 is 9.59 Å². The zero-order chi connectivity index (χ0) is 23.3. The van der Waals surface area contributed by atoms with Gasteiger partial charge in [-0.15, -0.1) is 0 Å². The van der Waals surface area contributed by atoms with Gasteiger partial charge in [-0.1, -0.05) is 30.3 Å². The summed E-state index contributed by atoms with van der Waals surface area (Å²) in [6.45, 7) is 1.96. The van der Waals surface area contributed by atoms with Crippen molar-refractivity contribution in [2.24, 2.45) is 0 Å². The number of aromatic nitrogens is 2. The number of carbonyl (C=O) groups is 2. The molecule has 3 heterocycles. The van der Waals surface area contributed by atoms with Crippen LogP contribution in [-0.2, 0) is 6.54 Å². The Labute approximate surface area is 198 Å². The maximum atomic E-state index is 13.3. The lowest BCUT2D eigenvalue weighted by Crippen LogP contribution is -2.35. The highest BCUT2D eigenvalue weighted by atomic mass is 16.2. The van der Waals surface area contributed by atoms with Crippen LogP contribution in [0.15, 0.2) is 79.1 Å². The minimum absolute atomic E-state index is 0.0648. The van der Waals surface area contributed by atoms with E-state index >= 15 is 0 Å². The highest BCUT2D eigenvalue weighted by molar-refractivity contribution is 6.07. The first-order chi connectivity index (χ1) is 16.7. The minimum Gasteiger partial charge on any atom is -0.348 e. The molecule has 0 aliphatic carbocycles. The Morgan fingerprint density at radius 3 is 2.50 bits per heavy atom. The summed E-state index contributed by atoms with van der Waals surface area (Å²) in [6, 6.07) is 20.8. The summed E-state index contributed by atoms with van der Waals surface area (Å²) in [4.78, 5) is 36.8. The van der Waals surface area contributed by atoms with Gasteiger partial charge >= 0.3 is 0 Å². The lowest BCUT2D eigenvalue weighted by atomic mass is 10.0. The first-order valence-corrected chi connectivity index (χ1v) is 11.7. The van der Waals surface area contributed by atoms with Gasteiger partial charge in [0.25, 0.3) is 11.8 Å². The van der Waals surface area contributed by atoms with Crippen LogP contribution in [0.1, 0.15) is 45.5 Å². The van der Waals surface area contributed by atoms with Crippen LogP contribution in [0.25, 0.3) is 22.2 Å². The van der Waals surface area contributed by atoms with Crippen LogP contribution in [0.2, 0.25) is 0 Å². The van der Waals surface area contributed by atoms with Crippen molar-refractivity contribution in [3.8, 4) is 11.3 Å². The molecule has 0 radical (unpaired) electrons. The Hall–Kier alpha value is -4.06. The molecule has 1 aliphatic heterocycles. The number of benzene rings is 2. The molecule has 6 heteroatoms. The average molecular weight is 451 g/mol. The second kappa shape index (κ2) is 9.83. The van der Waals surface area contributed by atoms with Gasteiger partial charge in [0, 0.05) is 48.5 Å². The third kappa shape index (κ3) is 4.66. The molecular weight excluding hydrogens is 424 g/mol. The standard InChI is InChI=1S/C28H26N4O2/c33-27(30-19-20-7-6-8-22(17-20)28(34)32-15-4-1-5-16-32)24-18-26(21-11-13-29-14-12-21)31-25-10-3-2-9-23(24)25/h2-3,6-14,17-18H,1,4-5,15-16,19H2,(H,30,33). The highest BCUT2D eigenvalue weighted by Gasteiger charge is 2.19. The van der Waals surface area contributed by atoms with Gasteiger partial charge in [0.05, 0.1) is 16.8 Å². The number of pyridine rings is 2. The van der Waals surface area contributed by atoms with E-state index in [1.54, 1.807) is 12.4 Å².